The Labute approximate surface area is 120 Å². The summed E-state index contributed by atoms with van der Waals surface area (Å²) in [7, 11) is 0. The van der Waals surface area contributed by atoms with Crippen molar-refractivity contribution in [1.82, 2.24) is 0 Å². The van der Waals surface area contributed by atoms with Crippen LogP contribution in [0.15, 0.2) is 18.2 Å². The van der Waals surface area contributed by atoms with Gasteiger partial charge < -0.3 is 9.84 Å². The van der Waals surface area contributed by atoms with Crippen LogP contribution < -0.4 is 4.74 Å². The Morgan fingerprint density at radius 2 is 2.15 bits per heavy atom. The number of carbonyl (C=O) groups is 1. The molecule has 1 N–H and O–H groups in total. The maximum absolute atomic E-state index is 11.5. The molecule has 0 bridgehead atoms. The largest absolute Gasteiger partial charge is 0.490 e. The lowest BCUT2D eigenvalue weighted by Gasteiger charge is -2.22. The van der Waals surface area contributed by atoms with Crippen molar-refractivity contribution in [3.05, 3.63) is 29.3 Å². The standard InChI is InChI=1S/C17H22O3/c1-11-6-7-16-13(8-11)9-14(20-16)10-15(17(18)19)12-4-2-3-5-12/h6-8,12,14-15H,2-5,9-10H2,1H3,(H,18,19). The first-order valence-electron chi connectivity index (χ1n) is 7.62. The van der Waals surface area contributed by atoms with Crippen LogP contribution in [0.1, 0.15) is 43.2 Å². The number of hydrogen-bond acceptors (Lipinski definition) is 2. The number of benzene rings is 1. The molecule has 1 aliphatic carbocycles. The molecule has 2 unspecified atom stereocenters. The van der Waals surface area contributed by atoms with E-state index in [1.54, 1.807) is 0 Å². The summed E-state index contributed by atoms with van der Waals surface area (Å²) in [5.41, 5.74) is 2.46. The molecule has 1 aromatic rings. The molecule has 20 heavy (non-hydrogen) atoms. The predicted molar refractivity (Wildman–Crippen MR) is 77.0 cm³/mol. The van der Waals surface area contributed by atoms with Crippen molar-refractivity contribution in [3.8, 4) is 5.75 Å². The van der Waals surface area contributed by atoms with E-state index in [0.29, 0.717) is 12.3 Å². The fourth-order valence-corrected chi connectivity index (χ4v) is 3.72. The summed E-state index contributed by atoms with van der Waals surface area (Å²) in [6.45, 7) is 2.08. The number of carboxylic acid groups (broad SMARTS) is 1. The molecule has 1 heterocycles. The minimum absolute atomic E-state index is 0.0356. The zero-order chi connectivity index (χ0) is 14.1. The van der Waals surface area contributed by atoms with Crippen LogP contribution in [0.5, 0.6) is 5.75 Å². The third-order valence-electron chi connectivity index (χ3n) is 4.76. The van der Waals surface area contributed by atoms with E-state index in [9.17, 15) is 9.90 Å². The van der Waals surface area contributed by atoms with Gasteiger partial charge in [-0.3, -0.25) is 4.79 Å². The minimum atomic E-state index is -0.646. The number of hydrogen-bond donors (Lipinski definition) is 1. The number of ether oxygens (including phenoxy) is 1. The summed E-state index contributed by atoms with van der Waals surface area (Å²) in [5.74, 6) is 0.406. The van der Waals surface area contributed by atoms with E-state index in [1.165, 1.54) is 24.0 Å². The molecule has 1 saturated carbocycles. The molecule has 2 atom stereocenters. The van der Waals surface area contributed by atoms with Crippen LogP contribution in [0.25, 0.3) is 0 Å². The van der Waals surface area contributed by atoms with Gasteiger partial charge in [0.15, 0.2) is 0 Å². The molecular weight excluding hydrogens is 252 g/mol. The summed E-state index contributed by atoms with van der Waals surface area (Å²) in [5, 5.41) is 9.50. The molecule has 2 aliphatic rings. The lowest BCUT2D eigenvalue weighted by atomic mass is 9.85. The van der Waals surface area contributed by atoms with Crippen molar-refractivity contribution in [3.63, 3.8) is 0 Å². The van der Waals surface area contributed by atoms with Gasteiger partial charge in [-0.05, 0) is 43.7 Å². The second-order valence-electron chi connectivity index (χ2n) is 6.28. The van der Waals surface area contributed by atoms with Crippen molar-refractivity contribution in [2.45, 2.75) is 51.6 Å². The van der Waals surface area contributed by atoms with Crippen LogP contribution in [-0.2, 0) is 11.2 Å². The molecule has 0 aromatic heterocycles. The zero-order valence-corrected chi connectivity index (χ0v) is 12.0. The number of rotatable bonds is 4. The quantitative estimate of drug-likeness (QED) is 0.912. The molecule has 1 aromatic carbocycles. The van der Waals surface area contributed by atoms with Gasteiger partial charge in [0, 0.05) is 6.42 Å². The number of carboxylic acids is 1. The number of fused-ring (bicyclic) bond motifs is 1. The Balaban J connectivity index is 1.67. The molecule has 0 radical (unpaired) electrons. The highest BCUT2D eigenvalue weighted by atomic mass is 16.5. The second kappa shape index (κ2) is 5.47. The number of aryl methyl sites for hydroxylation is 1. The highest BCUT2D eigenvalue weighted by molar-refractivity contribution is 5.70. The van der Waals surface area contributed by atoms with Crippen LogP contribution in [0, 0.1) is 18.8 Å². The van der Waals surface area contributed by atoms with Crippen molar-refractivity contribution < 1.29 is 14.6 Å². The van der Waals surface area contributed by atoms with Crippen LogP contribution in [-0.4, -0.2) is 17.2 Å². The van der Waals surface area contributed by atoms with Crippen molar-refractivity contribution >= 4 is 5.97 Å². The SMILES string of the molecule is Cc1ccc2c(c1)CC(CC(C(=O)O)C1CCCC1)O2. The van der Waals surface area contributed by atoms with Crippen LogP contribution >= 0.6 is 0 Å². The molecule has 3 rings (SSSR count). The zero-order valence-electron chi connectivity index (χ0n) is 12.0. The van der Waals surface area contributed by atoms with Crippen LogP contribution in [0.2, 0.25) is 0 Å². The molecule has 108 valence electrons. The molecular formula is C17H22O3. The predicted octanol–water partition coefficient (Wildman–Crippen LogP) is 3.58. The van der Waals surface area contributed by atoms with Gasteiger partial charge >= 0.3 is 5.97 Å². The minimum Gasteiger partial charge on any atom is -0.490 e. The Hall–Kier alpha value is -1.51. The lowest BCUT2D eigenvalue weighted by Crippen LogP contribution is -2.28. The molecule has 0 spiro atoms. The first-order valence-corrected chi connectivity index (χ1v) is 7.62. The van der Waals surface area contributed by atoms with E-state index in [-0.39, 0.29) is 12.0 Å². The Morgan fingerprint density at radius 3 is 2.85 bits per heavy atom. The van der Waals surface area contributed by atoms with Crippen molar-refractivity contribution in [2.24, 2.45) is 11.8 Å². The lowest BCUT2D eigenvalue weighted by molar-refractivity contribution is -0.144. The fraction of sp³-hybridized carbons (Fsp3) is 0.588. The molecule has 3 heteroatoms. The Morgan fingerprint density at radius 1 is 1.40 bits per heavy atom. The second-order valence-corrected chi connectivity index (χ2v) is 6.28. The molecule has 1 aliphatic heterocycles. The third kappa shape index (κ3) is 2.67. The summed E-state index contributed by atoms with van der Waals surface area (Å²) in [4.78, 5) is 11.5. The van der Waals surface area contributed by atoms with Gasteiger partial charge in [0.2, 0.25) is 0 Å². The molecule has 3 nitrogen and oxygen atoms in total. The average Bonchev–Trinajstić information content (AvgIpc) is 3.03. The van der Waals surface area contributed by atoms with E-state index in [0.717, 1.165) is 25.0 Å². The highest BCUT2D eigenvalue weighted by Gasteiger charge is 2.35. The monoisotopic (exact) mass is 274 g/mol. The summed E-state index contributed by atoms with van der Waals surface area (Å²) in [6, 6.07) is 6.21. The van der Waals surface area contributed by atoms with Gasteiger partial charge in [-0.2, -0.15) is 0 Å². The maximum atomic E-state index is 11.5. The Kier molecular flexibility index (Phi) is 3.68. The van der Waals surface area contributed by atoms with E-state index in [1.807, 2.05) is 12.1 Å². The first-order chi connectivity index (χ1) is 9.63. The summed E-state index contributed by atoms with van der Waals surface area (Å²) >= 11 is 0. The highest BCUT2D eigenvalue weighted by Crippen LogP contribution is 2.37. The smallest absolute Gasteiger partial charge is 0.306 e. The van der Waals surface area contributed by atoms with E-state index >= 15 is 0 Å². The van der Waals surface area contributed by atoms with E-state index < -0.39 is 5.97 Å². The van der Waals surface area contributed by atoms with Crippen molar-refractivity contribution in [1.29, 1.82) is 0 Å². The number of aliphatic carboxylic acids is 1. The van der Waals surface area contributed by atoms with Crippen LogP contribution in [0.3, 0.4) is 0 Å². The Bertz CT molecular complexity index is 503. The van der Waals surface area contributed by atoms with Crippen LogP contribution in [0.4, 0.5) is 0 Å². The van der Waals surface area contributed by atoms with Gasteiger partial charge in [-0.1, -0.05) is 30.5 Å². The molecule has 0 saturated heterocycles. The van der Waals surface area contributed by atoms with E-state index in [4.69, 9.17) is 4.74 Å². The van der Waals surface area contributed by atoms with Gasteiger partial charge in [0.25, 0.3) is 0 Å². The summed E-state index contributed by atoms with van der Waals surface area (Å²) in [6.07, 6.45) is 6.03. The van der Waals surface area contributed by atoms with Gasteiger partial charge in [0.05, 0.1) is 5.92 Å². The molecule has 0 amide bonds. The normalized spacial score (nSPS) is 23.4. The topological polar surface area (TPSA) is 46.5 Å². The van der Waals surface area contributed by atoms with Gasteiger partial charge in [0.1, 0.15) is 11.9 Å². The van der Waals surface area contributed by atoms with E-state index in [2.05, 4.69) is 13.0 Å². The maximum Gasteiger partial charge on any atom is 0.306 e. The first kappa shape index (κ1) is 13.5. The van der Waals surface area contributed by atoms with Crippen molar-refractivity contribution in [2.75, 3.05) is 0 Å². The third-order valence-corrected chi connectivity index (χ3v) is 4.76. The average molecular weight is 274 g/mol. The summed E-state index contributed by atoms with van der Waals surface area (Å²) < 4.78 is 5.94. The fourth-order valence-electron chi connectivity index (χ4n) is 3.72. The van der Waals surface area contributed by atoms with Gasteiger partial charge in [-0.25, -0.2) is 0 Å². The molecule has 1 fully saturated rings. The van der Waals surface area contributed by atoms with Gasteiger partial charge in [-0.15, -0.1) is 0 Å².